The van der Waals surface area contributed by atoms with E-state index in [0.29, 0.717) is 12.2 Å². The highest BCUT2D eigenvalue weighted by molar-refractivity contribution is 5.27. The number of H-pyrrole nitrogens is 1. The highest BCUT2D eigenvalue weighted by atomic mass is 16.3. The smallest absolute Gasteiger partial charge is 0.138 e. The molecule has 0 fully saturated rings. The Morgan fingerprint density at radius 1 is 1.41 bits per heavy atom. The molecular formula is C12H16N4O. The summed E-state index contributed by atoms with van der Waals surface area (Å²) in [6.45, 7) is 3.27. The Balaban J connectivity index is 1.80. The van der Waals surface area contributed by atoms with Gasteiger partial charge in [-0.25, -0.2) is 4.98 Å². The number of aromatic hydroxyl groups is 1. The van der Waals surface area contributed by atoms with E-state index in [1.54, 1.807) is 18.3 Å². The first-order valence-electron chi connectivity index (χ1n) is 5.60. The zero-order valence-corrected chi connectivity index (χ0v) is 9.77. The van der Waals surface area contributed by atoms with Crippen LogP contribution in [0.2, 0.25) is 0 Å². The maximum Gasteiger partial charge on any atom is 0.138 e. The van der Waals surface area contributed by atoms with Gasteiger partial charge >= 0.3 is 0 Å². The minimum atomic E-state index is 0.237. The number of pyridine rings is 1. The van der Waals surface area contributed by atoms with Crippen LogP contribution in [-0.4, -0.2) is 26.6 Å². The van der Waals surface area contributed by atoms with Crippen LogP contribution in [0.1, 0.15) is 17.2 Å². The molecule has 0 saturated carbocycles. The molecule has 5 heteroatoms. The van der Waals surface area contributed by atoms with Crippen molar-refractivity contribution < 1.29 is 5.11 Å². The van der Waals surface area contributed by atoms with Crippen LogP contribution in [0, 0.1) is 6.92 Å². The van der Waals surface area contributed by atoms with E-state index in [1.807, 2.05) is 13.1 Å². The van der Waals surface area contributed by atoms with Crippen molar-refractivity contribution in [2.75, 3.05) is 6.54 Å². The van der Waals surface area contributed by atoms with E-state index in [4.69, 9.17) is 0 Å². The van der Waals surface area contributed by atoms with Crippen molar-refractivity contribution in [3.8, 4) is 5.75 Å². The summed E-state index contributed by atoms with van der Waals surface area (Å²) < 4.78 is 0. The van der Waals surface area contributed by atoms with Gasteiger partial charge in [0.1, 0.15) is 11.6 Å². The third kappa shape index (κ3) is 3.29. The fourth-order valence-electron chi connectivity index (χ4n) is 1.58. The molecule has 2 rings (SSSR count). The van der Waals surface area contributed by atoms with Crippen molar-refractivity contribution in [2.24, 2.45) is 0 Å². The molecule has 2 heterocycles. The van der Waals surface area contributed by atoms with Crippen molar-refractivity contribution in [1.29, 1.82) is 0 Å². The largest absolute Gasteiger partial charge is 0.506 e. The van der Waals surface area contributed by atoms with Crippen LogP contribution in [0.4, 0.5) is 0 Å². The number of nitrogens with zero attached hydrogens (tertiary/aromatic N) is 2. The van der Waals surface area contributed by atoms with Crippen molar-refractivity contribution in [2.45, 2.75) is 19.9 Å². The van der Waals surface area contributed by atoms with Gasteiger partial charge in [0.15, 0.2) is 0 Å². The number of hydrogen-bond acceptors (Lipinski definition) is 4. The Kier molecular flexibility index (Phi) is 3.72. The molecule has 0 aromatic carbocycles. The Bertz CT molecular complexity index is 467. The molecular weight excluding hydrogens is 216 g/mol. The maximum absolute atomic E-state index is 9.60. The first-order valence-corrected chi connectivity index (χ1v) is 5.60. The number of aromatic nitrogens is 3. The second-order valence-corrected chi connectivity index (χ2v) is 3.88. The van der Waals surface area contributed by atoms with E-state index in [1.165, 1.54) is 0 Å². The minimum absolute atomic E-state index is 0.237. The van der Waals surface area contributed by atoms with Crippen molar-refractivity contribution in [1.82, 2.24) is 20.3 Å². The summed E-state index contributed by atoms with van der Waals surface area (Å²) in [5.41, 5.74) is 1.59. The molecule has 0 aliphatic carbocycles. The van der Waals surface area contributed by atoms with Crippen LogP contribution >= 0.6 is 0 Å². The van der Waals surface area contributed by atoms with Gasteiger partial charge in [-0.15, -0.1) is 0 Å². The molecule has 0 spiro atoms. The van der Waals surface area contributed by atoms with Crippen molar-refractivity contribution in [3.63, 3.8) is 0 Å². The standard InChI is InChI=1S/C12H16N4O/c1-9-2-3-11(17)10(16-9)8-13-5-4-12-14-6-7-15-12/h2-3,6-7,13,17H,4-5,8H2,1H3,(H,14,15). The molecule has 2 aromatic heterocycles. The molecule has 0 aliphatic rings. The van der Waals surface area contributed by atoms with E-state index in [9.17, 15) is 5.11 Å². The Morgan fingerprint density at radius 3 is 3.06 bits per heavy atom. The lowest BCUT2D eigenvalue weighted by molar-refractivity contribution is 0.459. The van der Waals surface area contributed by atoms with Gasteiger partial charge in [-0.05, 0) is 19.1 Å². The molecule has 0 bridgehead atoms. The predicted molar refractivity (Wildman–Crippen MR) is 64.6 cm³/mol. The number of nitrogens with one attached hydrogen (secondary N) is 2. The van der Waals surface area contributed by atoms with Crippen LogP contribution in [-0.2, 0) is 13.0 Å². The fourth-order valence-corrected chi connectivity index (χ4v) is 1.58. The summed E-state index contributed by atoms with van der Waals surface area (Å²) in [5.74, 6) is 1.19. The predicted octanol–water partition coefficient (Wildman–Crippen LogP) is 1.15. The van der Waals surface area contributed by atoms with Gasteiger partial charge in [-0.3, -0.25) is 4.98 Å². The average Bonchev–Trinajstić information content (AvgIpc) is 2.82. The molecule has 90 valence electrons. The van der Waals surface area contributed by atoms with Gasteiger partial charge in [0.25, 0.3) is 0 Å². The molecule has 0 radical (unpaired) electrons. The fraction of sp³-hybridized carbons (Fsp3) is 0.333. The topological polar surface area (TPSA) is 73.8 Å². The monoisotopic (exact) mass is 232 g/mol. The Labute approximate surface area is 99.9 Å². The van der Waals surface area contributed by atoms with Gasteiger partial charge in [0.2, 0.25) is 0 Å². The van der Waals surface area contributed by atoms with Crippen LogP contribution in [0.15, 0.2) is 24.5 Å². The van der Waals surface area contributed by atoms with Gasteiger partial charge in [-0.1, -0.05) is 0 Å². The van der Waals surface area contributed by atoms with Crippen LogP contribution in [0.5, 0.6) is 5.75 Å². The molecule has 17 heavy (non-hydrogen) atoms. The average molecular weight is 232 g/mol. The third-order valence-corrected chi connectivity index (χ3v) is 2.48. The molecule has 0 saturated heterocycles. The second kappa shape index (κ2) is 5.45. The van der Waals surface area contributed by atoms with Gasteiger partial charge < -0.3 is 15.4 Å². The van der Waals surface area contributed by atoms with Gasteiger partial charge in [0, 0.05) is 37.6 Å². The summed E-state index contributed by atoms with van der Waals surface area (Å²) in [6, 6.07) is 3.47. The van der Waals surface area contributed by atoms with Crippen LogP contribution < -0.4 is 5.32 Å². The van der Waals surface area contributed by atoms with E-state index >= 15 is 0 Å². The zero-order valence-electron chi connectivity index (χ0n) is 9.77. The minimum Gasteiger partial charge on any atom is -0.506 e. The Hall–Kier alpha value is -1.88. The van der Waals surface area contributed by atoms with Crippen molar-refractivity contribution in [3.05, 3.63) is 41.7 Å². The molecule has 0 atom stereocenters. The molecule has 2 aromatic rings. The normalized spacial score (nSPS) is 10.6. The zero-order chi connectivity index (χ0) is 12.1. The van der Waals surface area contributed by atoms with E-state index in [-0.39, 0.29) is 5.75 Å². The summed E-state index contributed by atoms with van der Waals surface area (Å²) >= 11 is 0. The van der Waals surface area contributed by atoms with Crippen LogP contribution in [0.3, 0.4) is 0 Å². The highest BCUT2D eigenvalue weighted by Crippen LogP contribution is 2.13. The lowest BCUT2D eigenvalue weighted by Crippen LogP contribution is -2.18. The third-order valence-electron chi connectivity index (χ3n) is 2.48. The number of hydrogen-bond donors (Lipinski definition) is 3. The second-order valence-electron chi connectivity index (χ2n) is 3.88. The molecule has 3 N–H and O–H groups in total. The number of imidazole rings is 1. The van der Waals surface area contributed by atoms with Crippen LogP contribution in [0.25, 0.3) is 0 Å². The van der Waals surface area contributed by atoms with Gasteiger partial charge in [-0.2, -0.15) is 0 Å². The summed E-state index contributed by atoms with van der Waals surface area (Å²) in [4.78, 5) is 11.4. The lowest BCUT2D eigenvalue weighted by Gasteiger charge is -2.06. The maximum atomic E-state index is 9.60. The van der Waals surface area contributed by atoms with Crippen molar-refractivity contribution >= 4 is 0 Å². The number of aryl methyl sites for hydroxylation is 1. The Morgan fingerprint density at radius 2 is 2.29 bits per heavy atom. The van der Waals surface area contributed by atoms with Gasteiger partial charge in [0.05, 0.1) is 5.69 Å². The quantitative estimate of drug-likeness (QED) is 0.676. The first-order chi connectivity index (χ1) is 8.25. The first kappa shape index (κ1) is 11.6. The molecule has 0 aliphatic heterocycles. The SMILES string of the molecule is Cc1ccc(O)c(CNCCc2ncc[nH]2)n1. The summed E-state index contributed by atoms with van der Waals surface area (Å²) in [7, 11) is 0. The highest BCUT2D eigenvalue weighted by Gasteiger charge is 2.02. The summed E-state index contributed by atoms with van der Waals surface area (Å²) in [5, 5.41) is 12.8. The van der Waals surface area contributed by atoms with E-state index in [0.717, 1.165) is 24.5 Å². The number of aromatic amines is 1. The summed E-state index contributed by atoms with van der Waals surface area (Å²) in [6.07, 6.45) is 4.38. The lowest BCUT2D eigenvalue weighted by atomic mass is 10.3. The molecule has 5 nitrogen and oxygen atoms in total. The van der Waals surface area contributed by atoms with E-state index < -0.39 is 0 Å². The number of rotatable bonds is 5. The molecule has 0 amide bonds. The van der Waals surface area contributed by atoms with E-state index in [2.05, 4.69) is 20.3 Å². The molecule has 0 unspecified atom stereocenters.